The van der Waals surface area contributed by atoms with Crippen LogP contribution in [-0.2, 0) is 4.74 Å². The van der Waals surface area contributed by atoms with Gasteiger partial charge >= 0.3 is 0 Å². The van der Waals surface area contributed by atoms with Gasteiger partial charge in [0.25, 0.3) is 11.8 Å². The maximum absolute atomic E-state index is 13.3. The van der Waals surface area contributed by atoms with Gasteiger partial charge in [-0.05, 0) is 50.1 Å². The average Bonchev–Trinajstić information content (AvgIpc) is 2.84. The molecule has 1 heterocycles. The van der Waals surface area contributed by atoms with Crippen LogP contribution in [0.3, 0.4) is 0 Å². The zero-order valence-corrected chi connectivity index (χ0v) is 20.9. The number of ether oxygens (including phenoxy) is 2. The van der Waals surface area contributed by atoms with Crippen molar-refractivity contribution in [3.05, 3.63) is 59.7 Å². The standard InChI is InChI=1S/C27H37N3O4/c1-6-14-30-16-19(2)25(33-5)17-29(4)27(32)23-13-12-22(15-24(23)34-18-20(30)3)28-26(31)21-10-8-7-9-11-21/h7-13,15,19-20,25H,6,14,16-18H2,1-5H3,(H,28,31)/t19-,20+,25-/m0/s1. The fourth-order valence-corrected chi connectivity index (χ4v) is 4.32. The normalized spacial score (nSPS) is 22.2. The number of amides is 2. The fraction of sp³-hybridized carbons (Fsp3) is 0.481. The third-order valence-corrected chi connectivity index (χ3v) is 6.38. The molecule has 3 rings (SSSR count). The van der Waals surface area contributed by atoms with Crippen LogP contribution in [0, 0.1) is 5.92 Å². The largest absolute Gasteiger partial charge is 0.491 e. The summed E-state index contributed by atoms with van der Waals surface area (Å²) >= 11 is 0. The van der Waals surface area contributed by atoms with E-state index >= 15 is 0 Å². The zero-order chi connectivity index (χ0) is 24.7. The molecule has 3 atom stereocenters. The van der Waals surface area contributed by atoms with Crippen molar-refractivity contribution in [3.8, 4) is 5.75 Å². The van der Waals surface area contributed by atoms with Gasteiger partial charge in [0.05, 0.1) is 11.7 Å². The average molecular weight is 468 g/mol. The summed E-state index contributed by atoms with van der Waals surface area (Å²) in [5.41, 5.74) is 1.62. The molecule has 0 saturated heterocycles. The lowest BCUT2D eigenvalue weighted by Crippen LogP contribution is -2.46. The second-order valence-corrected chi connectivity index (χ2v) is 9.12. The second-order valence-electron chi connectivity index (χ2n) is 9.12. The summed E-state index contributed by atoms with van der Waals surface area (Å²) in [4.78, 5) is 30.0. The van der Waals surface area contributed by atoms with Crippen molar-refractivity contribution in [1.82, 2.24) is 9.80 Å². The van der Waals surface area contributed by atoms with Crippen molar-refractivity contribution in [2.45, 2.75) is 39.3 Å². The third-order valence-electron chi connectivity index (χ3n) is 6.38. The van der Waals surface area contributed by atoms with Gasteiger partial charge in [-0.15, -0.1) is 0 Å². The Morgan fingerprint density at radius 2 is 1.88 bits per heavy atom. The molecule has 0 aliphatic carbocycles. The first-order chi connectivity index (χ1) is 16.3. The minimum Gasteiger partial charge on any atom is -0.491 e. The van der Waals surface area contributed by atoms with Crippen LogP contribution in [0.1, 0.15) is 47.9 Å². The predicted octanol–water partition coefficient (Wildman–Crippen LogP) is 4.15. The van der Waals surface area contributed by atoms with Gasteiger partial charge in [0, 0.05) is 50.6 Å². The van der Waals surface area contributed by atoms with E-state index in [0.29, 0.717) is 35.7 Å². The van der Waals surface area contributed by atoms with Crippen LogP contribution < -0.4 is 10.1 Å². The van der Waals surface area contributed by atoms with Crippen molar-refractivity contribution in [1.29, 1.82) is 0 Å². The van der Waals surface area contributed by atoms with Crippen LogP contribution in [-0.4, -0.2) is 74.2 Å². The van der Waals surface area contributed by atoms with Crippen LogP contribution in [0.4, 0.5) is 5.69 Å². The summed E-state index contributed by atoms with van der Waals surface area (Å²) in [5, 5.41) is 2.91. The molecule has 1 N–H and O–H groups in total. The molecule has 1 aliphatic heterocycles. The lowest BCUT2D eigenvalue weighted by Gasteiger charge is -2.35. The van der Waals surface area contributed by atoms with Crippen molar-refractivity contribution < 1.29 is 19.1 Å². The van der Waals surface area contributed by atoms with E-state index in [2.05, 4.69) is 31.0 Å². The number of likely N-dealkylation sites (N-methyl/N-ethyl adjacent to an activating group) is 1. The molecule has 0 unspecified atom stereocenters. The van der Waals surface area contributed by atoms with Gasteiger partial charge in [-0.25, -0.2) is 0 Å². The molecular formula is C27H37N3O4. The molecular weight excluding hydrogens is 430 g/mol. The first-order valence-corrected chi connectivity index (χ1v) is 12.0. The summed E-state index contributed by atoms with van der Waals surface area (Å²) in [6.07, 6.45) is 0.966. The number of fused-ring (bicyclic) bond motifs is 1. The number of methoxy groups -OCH3 is 1. The van der Waals surface area contributed by atoms with E-state index in [1.807, 2.05) is 18.2 Å². The number of carbonyl (C=O) groups excluding carboxylic acids is 2. The summed E-state index contributed by atoms with van der Waals surface area (Å²) < 4.78 is 12.0. The van der Waals surface area contributed by atoms with Crippen LogP contribution >= 0.6 is 0 Å². The van der Waals surface area contributed by atoms with Crippen LogP contribution in [0.2, 0.25) is 0 Å². The molecule has 7 heteroatoms. The first-order valence-electron chi connectivity index (χ1n) is 12.0. The number of anilines is 1. The van der Waals surface area contributed by atoms with E-state index < -0.39 is 0 Å². The molecule has 0 spiro atoms. The van der Waals surface area contributed by atoms with E-state index in [4.69, 9.17) is 9.47 Å². The number of nitrogens with zero attached hydrogens (tertiary/aromatic N) is 2. The molecule has 0 bridgehead atoms. The van der Waals surface area contributed by atoms with Crippen molar-refractivity contribution in [2.24, 2.45) is 5.92 Å². The highest BCUT2D eigenvalue weighted by atomic mass is 16.5. The van der Waals surface area contributed by atoms with Crippen LogP contribution in [0.15, 0.2) is 48.5 Å². The summed E-state index contributed by atoms with van der Waals surface area (Å²) in [6.45, 7) is 9.22. The van der Waals surface area contributed by atoms with Gasteiger partial charge in [0.2, 0.25) is 0 Å². The Morgan fingerprint density at radius 3 is 2.56 bits per heavy atom. The molecule has 0 aromatic heterocycles. The quantitative estimate of drug-likeness (QED) is 0.715. The van der Waals surface area contributed by atoms with Crippen LogP contribution in [0.25, 0.3) is 0 Å². The van der Waals surface area contributed by atoms with Crippen molar-refractivity contribution in [3.63, 3.8) is 0 Å². The van der Waals surface area contributed by atoms with Gasteiger partial charge in [-0.3, -0.25) is 14.5 Å². The van der Waals surface area contributed by atoms with Gasteiger partial charge in [-0.2, -0.15) is 0 Å². The highest BCUT2D eigenvalue weighted by molar-refractivity contribution is 6.05. The van der Waals surface area contributed by atoms with E-state index in [0.717, 1.165) is 19.5 Å². The molecule has 2 aromatic rings. The van der Waals surface area contributed by atoms with E-state index in [1.54, 1.807) is 49.4 Å². The monoisotopic (exact) mass is 467 g/mol. The second kappa shape index (κ2) is 12.0. The molecule has 0 saturated carbocycles. The maximum atomic E-state index is 13.3. The number of nitrogens with one attached hydrogen (secondary N) is 1. The number of carbonyl (C=O) groups is 2. The van der Waals surface area contributed by atoms with E-state index in [9.17, 15) is 9.59 Å². The molecule has 2 aromatic carbocycles. The van der Waals surface area contributed by atoms with Gasteiger partial charge in [0.15, 0.2) is 0 Å². The predicted molar refractivity (Wildman–Crippen MR) is 135 cm³/mol. The number of rotatable bonds is 5. The van der Waals surface area contributed by atoms with Gasteiger partial charge in [-0.1, -0.05) is 32.0 Å². The van der Waals surface area contributed by atoms with Crippen molar-refractivity contribution >= 4 is 17.5 Å². The van der Waals surface area contributed by atoms with Gasteiger partial charge < -0.3 is 19.7 Å². The Labute approximate surface area is 203 Å². The van der Waals surface area contributed by atoms with E-state index in [-0.39, 0.29) is 29.9 Å². The molecule has 0 fully saturated rings. The number of hydrogen-bond donors (Lipinski definition) is 1. The number of hydrogen-bond acceptors (Lipinski definition) is 5. The third kappa shape index (κ3) is 6.36. The molecule has 0 radical (unpaired) electrons. The number of benzene rings is 2. The summed E-state index contributed by atoms with van der Waals surface area (Å²) in [5.74, 6) is 0.373. The van der Waals surface area contributed by atoms with E-state index in [1.165, 1.54) is 0 Å². The molecule has 34 heavy (non-hydrogen) atoms. The minimum atomic E-state index is -0.212. The Bertz CT molecular complexity index is 966. The SMILES string of the molecule is CCCN1C[C@H](C)[C@@H](OC)CN(C)C(=O)c2ccc(NC(=O)c3ccccc3)cc2OC[C@H]1C. The Kier molecular flexibility index (Phi) is 9.07. The lowest BCUT2D eigenvalue weighted by atomic mass is 10.0. The molecule has 1 aliphatic rings. The fourth-order valence-electron chi connectivity index (χ4n) is 4.32. The topological polar surface area (TPSA) is 71.1 Å². The molecule has 7 nitrogen and oxygen atoms in total. The maximum Gasteiger partial charge on any atom is 0.257 e. The first kappa shape index (κ1) is 25.7. The summed E-state index contributed by atoms with van der Waals surface area (Å²) in [6, 6.07) is 14.4. The Hall–Kier alpha value is -2.90. The van der Waals surface area contributed by atoms with Gasteiger partial charge in [0.1, 0.15) is 12.4 Å². The Balaban J connectivity index is 1.91. The molecule has 2 amide bonds. The Morgan fingerprint density at radius 1 is 1.15 bits per heavy atom. The lowest BCUT2D eigenvalue weighted by molar-refractivity contribution is 0.0108. The highest BCUT2D eigenvalue weighted by Gasteiger charge is 2.28. The smallest absolute Gasteiger partial charge is 0.257 e. The summed E-state index contributed by atoms with van der Waals surface area (Å²) in [7, 11) is 3.49. The minimum absolute atomic E-state index is 0.0752. The van der Waals surface area contributed by atoms with Crippen molar-refractivity contribution in [2.75, 3.05) is 45.7 Å². The van der Waals surface area contributed by atoms with Crippen LogP contribution in [0.5, 0.6) is 5.75 Å². The zero-order valence-electron chi connectivity index (χ0n) is 20.9. The highest BCUT2D eigenvalue weighted by Crippen LogP contribution is 2.27. The molecule has 184 valence electrons.